The third kappa shape index (κ3) is 2.61. The summed E-state index contributed by atoms with van der Waals surface area (Å²) >= 11 is 1.74. The molecule has 0 bridgehead atoms. The van der Waals surface area contributed by atoms with Gasteiger partial charge in [-0.25, -0.2) is 0 Å². The molecule has 4 heteroatoms. The van der Waals surface area contributed by atoms with E-state index in [9.17, 15) is 0 Å². The van der Waals surface area contributed by atoms with E-state index >= 15 is 0 Å². The molecule has 1 atom stereocenters. The lowest BCUT2D eigenvalue weighted by Crippen LogP contribution is -2.21. The lowest BCUT2D eigenvalue weighted by Gasteiger charge is -2.24. The highest BCUT2D eigenvalue weighted by molar-refractivity contribution is 8.02. The van der Waals surface area contributed by atoms with Crippen LogP contribution in [-0.4, -0.2) is 20.0 Å². The van der Waals surface area contributed by atoms with Gasteiger partial charge in [-0.3, -0.25) is 0 Å². The molecule has 1 heterocycles. The number of thioether (sulfide) groups is 1. The van der Waals surface area contributed by atoms with E-state index in [4.69, 9.17) is 14.7 Å². The molecule has 0 aliphatic carbocycles. The molecule has 1 aliphatic rings. The van der Waals surface area contributed by atoms with Crippen molar-refractivity contribution in [3.8, 4) is 17.6 Å². The van der Waals surface area contributed by atoms with Gasteiger partial charge in [0.25, 0.3) is 0 Å². The number of hydrogen-bond donors (Lipinski definition) is 0. The van der Waals surface area contributed by atoms with E-state index in [2.05, 4.69) is 17.6 Å². The van der Waals surface area contributed by atoms with Crippen molar-refractivity contribution in [2.75, 3.05) is 20.0 Å². The molecule has 98 valence electrons. The van der Waals surface area contributed by atoms with E-state index in [1.807, 2.05) is 24.3 Å². The summed E-state index contributed by atoms with van der Waals surface area (Å²) in [7, 11) is 3.24. The largest absolute Gasteiger partial charge is 0.493 e. The van der Waals surface area contributed by atoms with Gasteiger partial charge in [-0.1, -0.05) is 18.2 Å². The first kappa shape index (κ1) is 13.6. The second-order valence-electron chi connectivity index (χ2n) is 4.19. The van der Waals surface area contributed by atoms with Crippen molar-refractivity contribution in [3.63, 3.8) is 0 Å². The van der Waals surface area contributed by atoms with E-state index in [0.717, 1.165) is 11.3 Å². The Bertz CT molecular complexity index is 560. The van der Waals surface area contributed by atoms with Gasteiger partial charge in [-0.2, -0.15) is 5.26 Å². The van der Waals surface area contributed by atoms with Gasteiger partial charge in [-0.15, -0.1) is 11.8 Å². The van der Waals surface area contributed by atoms with Gasteiger partial charge in [0.1, 0.15) is 0 Å². The maximum Gasteiger partial charge on any atom is 0.161 e. The Hall–Kier alpha value is -1.86. The highest BCUT2D eigenvalue weighted by atomic mass is 32.2. The summed E-state index contributed by atoms with van der Waals surface area (Å²) in [6.45, 7) is 0. The van der Waals surface area contributed by atoms with E-state index in [0.29, 0.717) is 11.5 Å². The molecule has 0 N–H and O–H groups in total. The fourth-order valence-corrected chi connectivity index (χ4v) is 3.16. The van der Waals surface area contributed by atoms with Crippen LogP contribution in [0.4, 0.5) is 0 Å². The first-order valence-electron chi connectivity index (χ1n) is 5.85. The number of nitrogens with zero attached hydrogens (tertiary/aromatic N) is 1. The van der Waals surface area contributed by atoms with Gasteiger partial charge in [0, 0.05) is 17.2 Å². The van der Waals surface area contributed by atoms with Gasteiger partial charge in [0.2, 0.25) is 0 Å². The third-order valence-corrected chi connectivity index (χ3v) is 4.13. The van der Waals surface area contributed by atoms with Crippen LogP contribution in [0.2, 0.25) is 0 Å². The average molecular weight is 273 g/mol. The molecule has 19 heavy (non-hydrogen) atoms. The molecule has 1 aromatic carbocycles. The van der Waals surface area contributed by atoms with Crippen molar-refractivity contribution in [2.24, 2.45) is 0 Å². The summed E-state index contributed by atoms with van der Waals surface area (Å²) in [5.41, 5.74) is 0.859. The molecule has 0 saturated carbocycles. The van der Waals surface area contributed by atoms with E-state index < -0.39 is 0 Å². The highest BCUT2D eigenvalue weighted by Gasteiger charge is 2.30. The molecule has 0 fully saturated rings. The van der Waals surface area contributed by atoms with Crippen LogP contribution in [0.15, 0.2) is 41.8 Å². The molecule has 0 saturated heterocycles. The molecule has 1 aromatic rings. The number of rotatable bonds is 4. The molecular weight excluding hydrogens is 258 g/mol. The maximum absolute atomic E-state index is 8.76. The van der Waals surface area contributed by atoms with Crippen LogP contribution in [0, 0.1) is 11.3 Å². The molecule has 0 amide bonds. The third-order valence-electron chi connectivity index (χ3n) is 3.16. The molecule has 0 radical (unpaired) electrons. The maximum atomic E-state index is 8.76. The average Bonchev–Trinajstić information content (AvgIpc) is 2.94. The minimum atomic E-state index is -0.236. The van der Waals surface area contributed by atoms with Crippen LogP contribution in [-0.2, 0) is 5.41 Å². The number of methoxy groups -OCH3 is 2. The summed E-state index contributed by atoms with van der Waals surface area (Å²) in [5, 5.41) is 10.8. The van der Waals surface area contributed by atoms with Crippen molar-refractivity contribution < 1.29 is 9.47 Å². The Balaban J connectivity index is 2.47. The van der Waals surface area contributed by atoms with E-state index in [1.54, 1.807) is 26.0 Å². The fourth-order valence-electron chi connectivity index (χ4n) is 2.09. The summed E-state index contributed by atoms with van der Waals surface area (Å²) < 4.78 is 10.6. The smallest absolute Gasteiger partial charge is 0.161 e. The lowest BCUT2D eigenvalue weighted by atomic mass is 9.82. The topological polar surface area (TPSA) is 42.2 Å². The van der Waals surface area contributed by atoms with Crippen LogP contribution in [0.3, 0.4) is 0 Å². The molecule has 2 rings (SSSR count). The van der Waals surface area contributed by atoms with Gasteiger partial charge in [-0.05, 0) is 23.1 Å². The lowest BCUT2D eigenvalue weighted by molar-refractivity contribution is 0.354. The number of nitriles is 1. The second-order valence-corrected chi connectivity index (χ2v) is 5.08. The Morgan fingerprint density at radius 1 is 1.32 bits per heavy atom. The van der Waals surface area contributed by atoms with Crippen molar-refractivity contribution in [3.05, 3.63) is 47.4 Å². The van der Waals surface area contributed by atoms with Gasteiger partial charge in [0.05, 0.1) is 20.3 Å². The molecule has 1 unspecified atom stereocenters. The Morgan fingerprint density at radius 3 is 2.68 bits per heavy atom. The Labute approximate surface area is 117 Å². The number of allylic oxidation sites excluding steroid dienone is 3. The summed E-state index contributed by atoms with van der Waals surface area (Å²) in [6, 6.07) is 7.94. The zero-order chi connectivity index (χ0) is 13.7. The minimum Gasteiger partial charge on any atom is -0.493 e. The monoisotopic (exact) mass is 273 g/mol. The second kappa shape index (κ2) is 5.85. The summed E-state index contributed by atoms with van der Waals surface area (Å²) in [6.07, 6.45) is 5.59. The number of benzene rings is 1. The predicted octanol–water partition coefficient (Wildman–Crippen LogP) is 3.28. The first-order chi connectivity index (χ1) is 9.25. The molecular formula is C15H15NO2S. The zero-order valence-electron chi connectivity index (χ0n) is 10.9. The van der Waals surface area contributed by atoms with Crippen LogP contribution in [0.5, 0.6) is 11.5 Å². The SMILES string of the molecule is COc1ccc(C2(C=CC#N)C=CSC2)cc1OC. The van der Waals surface area contributed by atoms with Crippen molar-refractivity contribution in [2.45, 2.75) is 5.41 Å². The predicted molar refractivity (Wildman–Crippen MR) is 77.6 cm³/mol. The standard InChI is InChI=1S/C15H15NO2S/c1-17-13-5-4-12(10-14(13)18-2)15(6-3-8-16)7-9-19-11-15/h3-7,9-10H,11H2,1-2H3. The van der Waals surface area contributed by atoms with Crippen molar-refractivity contribution in [1.82, 2.24) is 0 Å². The van der Waals surface area contributed by atoms with E-state index in [1.165, 1.54) is 6.08 Å². The van der Waals surface area contributed by atoms with Crippen LogP contribution in [0.25, 0.3) is 0 Å². The molecule has 0 spiro atoms. The van der Waals surface area contributed by atoms with E-state index in [-0.39, 0.29) is 5.41 Å². The van der Waals surface area contributed by atoms with Crippen molar-refractivity contribution in [1.29, 1.82) is 5.26 Å². The zero-order valence-corrected chi connectivity index (χ0v) is 11.7. The normalized spacial score (nSPS) is 21.5. The fraction of sp³-hybridized carbons (Fsp3) is 0.267. The van der Waals surface area contributed by atoms with Crippen molar-refractivity contribution >= 4 is 11.8 Å². The minimum absolute atomic E-state index is 0.236. The summed E-state index contributed by atoms with van der Waals surface area (Å²) in [4.78, 5) is 0. The molecule has 1 aliphatic heterocycles. The molecule has 0 aromatic heterocycles. The Kier molecular flexibility index (Phi) is 4.18. The number of ether oxygens (including phenoxy) is 2. The van der Waals surface area contributed by atoms with Crippen LogP contribution >= 0.6 is 11.8 Å². The van der Waals surface area contributed by atoms with Gasteiger partial charge >= 0.3 is 0 Å². The number of hydrogen-bond acceptors (Lipinski definition) is 4. The van der Waals surface area contributed by atoms with Gasteiger partial charge < -0.3 is 9.47 Å². The summed E-state index contributed by atoms with van der Waals surface area (Å²) in [5.74, 6) is 2.30. The highest BCUT2D eigenvalue weighted by Crippen LogP contribution is 2.40. The molecule has 3 nitrogen and oxygen atoms in total. The Morgan fingerprint density at radius 2 is 2.11 bits per heavy atom. The van der Waals surface area contributed by atoms with Gasteiger partial charge in [0.15, 0.2) is 11.5 Å². The quantitative estimate of drug-likeness (QED) is 0.789. The van der Waals surface area contributed by atoms with Crippen LogP contribution in [0.1, 0.15) is 5.56 Å². The first-order valence-corrected chi connectivity index (χ1v) is 6.90. The van der Waals surface area contributed by atoms with Crippen LogP contribution < -0.4 is 9.47 Å².